The molecule has 5 rings (SSSR count). The minimum atomic E-state index is -0.668. The number of rotatable bonds is 4. The monoisotopic (exact) mass is 416 g/mol. The van der Waals surface area contributed by atoms with Gasteiger partial charge in [0.1, 0.15) is 0 Å². The van der Waals surface area contributed by atoms with Crippen LogP contribution in [0.3, 0.4) is 0 Å². The van der Waals surface area contributed by atoms with Crippen LogP contribution in [0.5, 0.6) is 0 Å². The van der Waals surface area contributed by atoms with Gasteiger partial charge in [0, 0.05) is 18.5 Å². The van der Waals surface area contributed by atoms with E-state index in [1.807, 2.05) is 26.1 Å². The molecule has 0 saturated heterocycles. The van der Waals surface area contributed by atoms with E-state index in [4.69, 9.17) is 6.35 Å². The van der Waals surface area contributed by atoms with Gasteiger partial charge < -0.3 is 0 Å². The molecule has 0 aliphatic heterocycles. The van der Waals surface area contributed by atoms with E-state index in [9.17, 15) is 0 Å². The van der Waals surface area contributed by atoms with Gasteiger partial charge in [0.15, 0.2) is 0 Å². The highest BCUT2D eigenvalue weighted by atomic mass is 14.7. The van der Waals surface area contributed by atoms with Crippen LogP contribution in [-0.4, -0.2) is 4.98 Å². The molecule has 0 N–H and O–H groups in total. The molecule has 1 nitrogen and oxygen atoms in total. The SMILES string of the molecule is [2H]C(C)(C)c1ccnc(-c2cc3c(c(-c4ccccc4)c2)C(C)(C)C(c2ccccc2)=C3)c1. The smallest absolute Gasteiger partial charge is 0.0705 e. The summed E-state index contributed by atoms with van der Waals surface area (Å²) in [6, 6.07) is 29.9. The Labute approximate surface area is 192 Å². The van der Waals surface area contributed by atoms with Gasteiger partial charge in [0.25, 0.3) is 0 Å². The van der Waals surface area contributed by atoms with Crippen LogP contribution in [0.25, 0.3) is 34.0 Å². The zero-order chi connectivity index (χ0) is 23.2. The number of hydrogen-bond acceptors (Lipinski definition) is 1. The van der Waals surface area contributed by atoms with Gasteiger partial charge in [0.2, 0.25) is 0 Å². The molecule has 0 bridgehead atoms. The Morgan fingerprint density at radius 2 is 1.44 bits per heavy atom. The van der Waals surface area contributed by atoms with E-state index in [-0.39, 0.29) is 5.41 Å². The Kier molecular flexibility index (Phi) is 4.76. The summed E-state index contributed by atoms with van der Waals surface area (Å²) < 4.78 is 8.47. The lowest BCUT2D eigenvalue weighted by molar-refractivity contribution is 0.706. The van der Waals surface area contributed by atoms with Crippen LogP contribution in [0.2, 0.25) is 0 Å². The van der Waals surface area contributed by atoms with Gasteiger partial charge in [-0.2, -0.15) is 0 Å². The Bertz CT molecular complexity index is 1340. The van der Waals surface area contributed by atoms with E-state index in [0.717, 1.165) is 16.8 Å². The van der Waals surface area contributed by atoms with Gasteiger partial charge in [0.05, 0.1) is 5.69 Å². The second kappa shape index (κ2) is 7.91. The van der Waals surface area contributed by atoms with Crippen LogP contribution in [-0.2, 0) is 5.41 Å². The lowest BCUT2D eigenvalue weighted by Crippen LogP contribution is -2.17. The summed E-state index contributed by atoms with van der Waals surface area (Å²) in [4.78, 5) is 4.69. The zero-order valence-corrected chi connectivity index (χ0v) is 19.2. The van der Waals surface area contributed by atoms with Gasteiger partial charge in [-0.3, -0.25) is 4.98 Å². The number of allylic oxidation sites excluding steroid dienone is 1. The molecule has 3 aromatic carbocycles. The molecule has 1 aromatic heterocycles. The van der Waals surface area contributed by atoms with Crippen molar-refractivity contribution in [2.24, 2.45) is 0 Å². The summed E-state index contributed by atoms with van der Waals surface area (Å²) >= 11 is 0. The van der Waals surface area contributed by atoms with Crippen LogP contribution in [0.4, 0.5) is 0 Å². The molecule has 0 unspecified atom stereocenters. The standard InChI is InChI=1S/C31H29N/c1-21(2)24-15-16-32-29(20-24)25-17-26-19-28(23-13-9-6-10-14-23)31(3,4)30(26)27(18-25)22-11-7-5-8-12-22/h5-21H,1-4H3/i21D. The number of hydrogen-bond donors (Lipinski definition) is 0. The van der Waals surface area contributed by atoms with Gasteiger partial charge >= 0.3 is 0 Å². The maximum Gasteiger partial charge on any atom is 0.0705 e. The van der Waals surface area contributed by atoms with E-state index in [0.29, 0.717) is 0 Å². The lowest BCUT2D eigenvalue weighted by atomic mass is 9.75. The predicted molar refractivity (Wildman–Crippen MR) is 137 cm³/mol. The quantitative estimate of drug-likeness (QED) is 0.325. The van der Waals surface area contributed by atoms with Crippen molar-refractivity contribution < 1.29 is 1.37 Å². The van der Waals surface area contributed by atoms with Crippen molar-refractivity contribution >= 4 is 11.6 Å². The van der Waals surface area contributed by atoms with Crippen molar-refractivity contribution in [2.75, 3.05) is 0 Å². The fraction of sp³-hybridized carbons (Fsp3) is 0.194. The topological polar surface area (TPSA) is 12.9 Å². The highest BCUT2D eigenvalue weighted by Crippen LogP contribution is 2.51. The van der Waals surface area contributed by atoms with E-state index in [1.54, 1.807) is 0 Å². The summed E-state index contributed by atoms with van der Waals surface area (Å²) in [5.74, 6) is -0.668. The average Bonchev–Trinajstić information content (AvgIpc) is 3.09. The highest BCUT2D eigenvalue weighted by molar-refractivity contribution is 5.98. The number of benzene rings is 3. The first kappa shape index (κ1) is 19.3. The largest absolute Gasteiger partial charge is 0.256 e. The van der Waals surface area contributed by atoms with Gasteiger partial charge in [-0.15, -0.1) is 0 Å². The lowest BCUT2D eigenvalue weighted by Gasteiger charge is -2.28. The van der Waals surface area contributed by atoms with Crippen LogP contribution in [0.1, 0.15) is 57.2 Å². The molecule has 158 valence electrons. The number of fused-ring (bicyclic) bond motifs is 1. The summed E-state index contributed by atoms with van der Waals surface area (Å²) in [6.07, 6.45) is 4.17. The molecular weight excluding hydrogens is 386 g/mol. The third-order valence-corrected chi connectivity index (χ3v) is 6.57. The number of pyridine rings is 1. The van der Waals surface area contributed by atoms with Crippen LogP contribution < -0.4 is 0 Å². The third kappa shape index (κ3) is 3.48. The molecule has 0 spiro atoms. The molecule has 32 heavy (non-hydrogen) atoms. The van der Waals surface area contributed by atoms with E-state index in [2.05, 4.69) is 98.8 Å². The maximum atomic E-state index is 8.47. The summed E-state index contributed by atoms with van der Waals surface area (Å²) in [6.45, 7) is 8.49. The first-order valence-electron chi connectivity index (χ1n) is 11.7. The van der Waals surface area contributed by atoms with Crippen LogP contribution >= 0.6 is 0 Å². The summed E-state index contributed by atoms with van der Waals surface area (Å²) in [7, 11) is 0. The first-order valence-corrected chi connectivity index (χ1v) is 11.2. The first-order chi connectivity index (χ1) is 15.7. The molecule has 0 radical (unpaired) electrons. The minimum Gasteiger partial charge on any atom is -0.256 e. The summed E-state index contributed by atoms with van der Waals surface area (Å²) in [5, 5.41) is 0. The normalized spacial score (nSPS) is 15.1. The Hall–Kier alpha value is -3.45. The van der Waals surface area contributed by atoms with Gasteiger partial charge in [-0.05, 0) is 75.2 Å². The molecule has 1 aliphatic rings. The molecule has 0 fully saturated rings. The van der Waals surface area contributed by atoms with Crippen molar-refractivity contribution in [3.8, 4) is 22.4 Å². The molecule has 4 aromatic rings. The van der Waals surface area contributed by atoms with Gasteiger partial charge in [-0.25, -0.2) is 0 Å². The van der Waals surface area contributed by atoms with Crippen molar-refractivity contribution in [3.63, 3.8) is 0 Å². The Balaban J connectivity index is 1.75. The van der Waals surface area contributed by atoms with Gasteiger partial charge in [-0.1, -0.05) is 88.4 Å². The predicted octanol–water partition coefficient (Wildman–Crippen LogP) is 8.37. The Morgan fingerprint density at radius 1 is 0.781 bits per heavy atom. The maximum absolute atomic E-state index is 8.47. The average molecular weight is 417 g/mol. The second-order valence-electron chi connectivity index (χ2n) is 9.33. The fourth-order valence-electron chi connectivity index (χ4n) is 4.90. The van der Waals surface area contributed by atoms with E-state index in [1.165, 1.54) is 33.4 Å². The van der Waals surface area contributed by atoms with Crippen molar-refractivity contribution in [1.29, 1.82) is 0 Å². The zero-order valence-electron chi connectivity index (χ0n) is 20.2. The third-order valence-electron chi connectivity index (χ3n) is 6.57. The van der Waals surface area contributed by atoms with E-state index < -0.39 is 5.89 Å². The summed E-state index contributed by atoms with van der Waals surface area (Å²) in [5.41, 5.74) is 10.5. The molecule has 1 heterocycles. The highest BCUT2D eigenvalue weighted by Gasteiger charge is 2.36. The van der Waals surface area contributed by atoms with Crippen LogP contribution in [0.15, 0.2) is 91.1 Å². The number of aromatic nitrogens is 1. The molecule has 0 atom stereocenters. The van der Waals surface area contributed by atoms with Crippen LogP contribution in [0, 0.1) is 0 Å². The van der Waals surface area contributed by atoms with Crippen molar-refractivity contribution in [2.45, 2.75) is 39.0 Å². The Morgan fingerprint density at radius 3 is 2.09 bits per heavy atom. The molecule has 0 saturated carbocycles. The molecule has 1 heteroatoms. The second-order valence-corrected chi connectivity index (χ2v) is 9.33. The van der Waals surface area contributed by atoms with Crippen molar-refractivity contribution in [3.05, 3.63) is 113 Å². The van der Waals surface area contributed by atoms with E-state index >= 15 is 0 Å². The number of nitrogens with zero attached hydrogens (tertiary/aromatic N) is 1. The molecule has 0 amide bonds. The fourth-order valence-corrected chi connectivity index (χ4v) is 4.90. The minimum absolute atomic E-state index is 0.126. The van der Waals surface area contributed by atoms with Crippen molar-refractivity contribution in [1.82, 2.24) is 4.98 Å². The molecule has 1 aliphatic carbocycles. The molecular formula is C31H29N.